The number of hydrogen-bond donors (Lipinski definition) is 1. The highest BCUT2D eigenvalue weighted by molar-refractivity contribution is 6.29. The second-order valence-electron chi connectivity index (χ2n) is 1.76. The van der Waals surface area contributed by atoms with Gasteiger partial charge >= 0.3 is 0 Å². The average molecular weight is 158 g/mol. The van der Waals surface area contributed by atoms with Crippen molar-refractivity contribution in [2.24, 2.45) is 0 Å². The van der Waals surface area contributed by atoms with Crippen LogP contribution in [0.25, 0.3) is 0 Å². The van der Waals surface area contributed by atoms with Crippen LogP contribution in [0.1, 0.15) is 6.92 Å². The standard InChI is InChI=1S/C6H8ClN3/c1-2-9-6-4-8-3-5(7)10-6/h3-4H,2H2,1H3,(H,9,10). The van der Waals surface area contributed by atoms with E-state index in [1.165, 1.54) is 6.20 Å². The Balaban J connectivity index is 2.75. The maximum atomic E-state index is 5.57. The highest BCUT2D eigenvalue weighted by atomic mass is 35.5. The molecule has 10 heavy (non-hydrogen) atoms. The van der Waals surface area contributed by atoms with Crippen LogP contribution < -0.4 is 5.32 Å². The topological polar surface area (TPSA) is 37.8 Å². The summed E-state index contributed by atoms with van der Waals surface area (Å²) in [5, 5.41) is 3.41. The maximum Gasteiger partial charge on any atom is 0.149 e. The fourth-order valence-electron chi connectivity index (χ4n) is 0.608. The lowest BCUT2D eigenvalue weighted by Crippen LogP contribution is -1.99. The molecule has 0 aliphatic rings. The van der Waals surface area contributed by atoms with E-state index in [1.54, 1.807) is 6.20 Å². The molecule has 0 fully saturated rings. The maximum absolute atomic E-state index is 5.57. The van der Waals surface area contributed by atoms with Crippen molar-refractivity contribution in [1.29, 1.82) is 0 Å². The molecule has 1 heterocycles. The molecule has 0 amide bonds. The van der Waals surface area contributed by atoms with Crippen molar-refractivity contribution in [3.63, 3.8) is 0 Å². The van der Waals surface area contributed by atoms with Gasteiger partial charge in [0.05, 0.1) is 12.4 Å². The summed E-state index contributed by atoms with van der Waals surface area (Å²) in [6, 6.07) is 0. The zero-order valence-corrected chi connectivity index (χ0v) is 6.39. The van der Waals surface area contributed by atoms with Gasteiger partial charge in [0.25, 0.3) is 0 Å². The summed E-state index contributed by atoms with van der Waals surface area (Å²) in [5.41, 5.74) is 0. The third kappa shape index (κ3) is 1.84. The van der Waals surface area contributed by atoms with E-state index < -0.39 is 0 Å². The van der Waals surface area contributed by atoms with Gasteiger partial charge < -0.3 is 5.32 Å². The van der Waals surface area contributed by atoms with Crippen molar-refractivity contribution in [2.45, 2.75) is 6.92 Å². The van der Waals surface area contributed by atoms with Crippen LogP contribution in [0, 0.1) is 0 Å². The van der Waals surface area contributed by atoms with Crippen molar-refractivity contribution in [3.05, 3.63) is 17.5 Å². The van der Waals surface area contributed by atoms with Crippen LogP contribution in [-0.4, -0.2) is 16.5 Å². The average Bonchev–Trinajstić information content (AvgIpc) is 1.88. The van der Waals surface area contributed by atoms with Crippen molar-refractivity contribution >= 4 is 17.4 Å². The minimum absolute atomic E-state index is 0.415. The molecule has 0 atom stereocenters. The number of nitrogens with zero attached hydrogens (tertiary/aromatic N) is 2. The summed E-state index contributed by atoms with van der Waals surface area (Å²) in [7, 11) is 0. The number of hydrogen-bond acceptors (Lipinski definition) is 3. The molecule has 0 saturated carbocycles. The molecule has 1 rings (SSSR count). The van der Waals surface area contributed by atoms with Gasteiger partial charge in [0.1, 0.15) is 11.0 Å². The Morgan fingerprint density at radius 1 is 1.60 bits per heavy atom. The number of aromatic nitrogens is 2. The largest absolute Gasteiger partial charge is 0.369 e. The van der Waals surface area contributed by atoms with Gasteiger partial charge in [-0.1, -0.05) is 11.6 Å². The van der Waals surface area contributed by atoms with Crippen molar-refractivity contribution in [2.75, 3.05) is 11.9 Å². The van der Waals surface area contributed by atoms with E-state index in [4.69, 9.17) is 11.6 Å². The van der Waals surface area contributed by atoms with Gasteiger partial charge in [0, 0.05) is 6.54 Å². The van der Waals surface area contributed by atoms with Crippen LogP contribution in [0.2, 0.25) is 5.15 Å². The lowest BCUT2D eigenvalue weighted by Gasteiger charge is -1.99. The first-order chi connectivity index (χ1) is 4.83. The molecule has 4 heteroatoms. The van der Waals surface area contributed by atoms with E-state index in [0.717, 1.165) is 12.4 Å². The third-order valence-electron chi connectivity index (χ3n) is 0.963. The molecule has 0 bridgehead atoms. The monoisotopic (exact) mass is 157 g/mol. The molecule has 54 valence electrons. The molecule has 0 saturated heterocycles. The summed E-state index contributed by atoms with van der Waals surface area (Å²) in [5.74, 6) is 0.718. The highest BCUT2D eigenvalue weighted by Crippen LogP contribution is 2.05. The first kappa shape index (κ1) is 7.28. The fourth-order valence-corrected chi connectivity index (χ4v) is 0.756. The zero-order chi connectivity index (χ0) is 7.40. The number of halogens is 1. The molecule has 1 aromatic rings. The van der Waals surface area contributed by atoms with Gasteiger partial charge in [0.2, 0.25) is 0 Å². The molecule has 0 radical (unpaired) electrons. The van der Waals surface area contributed by atoms with Crippen LogP contribution in [-0.2, 0) is 0 Å². The molecule has 3 nitrogen and oxygen atoms in total. The third-order valence-corrected chi connectivity index (χ3v) is 1.15. The van der Waals surface area contributed by atoms with E-state index >= 15 is 0 Å². The molecular formula is C6H8ClN3. The van der Waals surface area contributed by atoms with E-state index in [2.05, 4.69) is 15.3 Å². The summed E-state index contributed by atoms with van der Waals surface area (Å²) in [4.78, 5) is 7.80. The second-order valence-corrected chi connectivity index (χ2v) is 2.14. The number of anilines is 1. The molecular weight excluding hydrogens is 150 g/mol. The summed E-state index contributed by atoms with van der Waals surface area (Å²) < 4.78 is 0. The summed E-state index contributed by atoms with van der Waals surface area (Å²) >= 11 is 5.57. The van der Waals surface area contributed by atoms with Crippen LogP contribution in [0.4, 0.5) is 5.82 Å². The van der Waals surface area contributed by atoms with Gasteiger partial charge in [0.15, 0.2) is 0 Å². The van der Waals surface area contributed by atoms with Crippen LogP contribution >= 0.6 is 11.6 Å². The number of nitrogens with one attached hydrogen (secondary N) is 1. The molecule has 0 unspecified atom stereocenters. The lowest BCUT2D eigenvalue weighted by atomic mass is 10.6. The van der Waals surface area contributed by atoms with Crippen molar-refractivity contribution < 1.29 is 0 Å². The van der Waals surface area contributed by atoms with Gasteiger partial charge in [-0.25, -0.2) is 4.98 Å². The van der Waals surface area contributed by atoms with Crippen LogP contribution in [0.3, 0.4) is 0 Å². The Morgan fingerprint density at radius 2 is 2.40 bits per heavy atom. The fraction of sp³-hybridized carbons (Fsp3) is 0.333. The van der Waals surface area contributed by atoms with Gasteiger partial charge in [-0.15, -0.1) is 0 Å². The minimum atomic E-state index is 0.415. The van der Waals surface area contributed by atoms with E-state index in [0.29, 0.717) is 5.15 Å². The predicted molar refractivity (Wildman–Crippen MR) is 41.2 cm³/mol. The quantitative estimate of drug-likeness (QED) is 0.708. The Bertz CT molecular complexity index is 214. The van der Waals surface area contributed by atoms with Crippen molar-refractivity contribution in [1.82, 2.24) is 9.97 Å². The molecule has 1 aromatic heterocycles. The molecule has 1 N–H and O–H groups in total. The SMILES string of the molecule is CCNc1cncc(Cl)n1. The Kier molecular flexibility index (Phi) is 2.45. The van der Waals surface area contributed by atoms with Gasteiger partial charge in [-0.3, -0.25) is 4.98 Å². The summed E-state index contributed by atoms with van der Waals surface area (Å²) in [6.45, 7) is 2.82. The number of rotatable bonds is 2. The van der Waals surface area contributed by atoms with Gasteiger partial charge in [-0.2, -0.15) is 0 Å². The first-order valence-electron chi connectivity index (χ1n) is 3.04. The molecule has 0 aliphatic carbocycles. The Morgan fingerprint density at radius 3 is 3.00 bits per heavy atom. The van der Waals surface area contributed by atoms with Crippen molar-refractivity contribution in [3.8, 4) is 0 Å². The van der Waals surface area contributed by atoms with Gasteiger partial charge in [-0.05, 0) is 6.92 Å². The predicted octanol–water partition coefficient (Wildman–Crippen LogP) is 1.56. The molecule has 0 aromatic carbocycles. The first-order valence-corrected chi connectivity index (χ1v) is 3.42. The van der Waals surface area contributed by atoms with E-state index in [1.807, 2.05) is 6.92 Å². The molecule has 0 aliphatic heterocycles. The Hall–Kier alpha value is -0.830. The van der Waals surface area contributed by atoms with Crippen LogP contribution in [0.15, 0.2) is 12.4 Å². The zero-order valence-electron chi connectivity index (χ0n) is 5.63. The van der Waals surface area contributed by atoms with E-state index in [9.17, 15) is 0 Å². The Labute approximate surface area is 64.5 Å². The highest BCUT2D eigenvalue weighted by Gasteiger charge is 1.91. The summed E-state index contributed by atoms with van der Waals surface area (Å²) in [6.07, 6.45) is 3.14. The van der Waals surface area contributed by atoms with Crippen LogP contribution in [0.5, 0.6) is 0 Å². The smallest absolute Gasteiger partial charge is 0.149 e. The minimum Gasteiger partial charge on any atom is -0.369 e. The lowest BCUT2D eigenvalue weighted by molar-refractivity contribution is 1.12. The normalized spacial score (nSPS) is 9.40. The van der Waals surface area contributed by atoms with E-state index in [-0.39, 0.29) is 0 Å². The second kappa shape index (κ2) is 3.37. The molecule has 0 spiro atoms.